The number of hydrogen-bond donors (Lipinski definition) is 0. The number of piperidine rings is 1. The normalized spacial score (nSPS) is 21.3. The Kier molecular flexibility index (Phi) is 4.71. The van der Waals surface area contributed by atoms with E-state index in [1.807, 2.05) is 6.07 Å². The summed E-state index contributed by atoms with van der Waals surface area (Å²) in [6, 6.07) is 11.0. The van der Waals surface area contributed by atoms with Crippen LogP contribution in [0.25, 0.3) is 0 Å². The smallest absolute Gasteiger partial charge is 0.152 e. The van der Waals surface area contributed by atoms with Gasteiger partial charge in [0.2, 0.25) is 0 Å². The van der Waals surface area contributed by atoms with E-state index in [1.54, 1.807) is 13.0 Å². The maximum Gasteiger partial charge on any atom is 0.152 e. The maximum atomic E-state index is 11.0. The van der Waals surface area contributed by atoms with Crippen molar-refractivity contribution in [3.05, 3.63) is 48.0 Å². The van der Waals surface area contributed by atoms with E-state index in [9.17, 15) is 4.79 Å². The fourth-order valence-electron chi connectivity index (χ4n) is 2.50. The lowest BCUT2D eigenvalue weighted by molar-refractivity contribution is -0.112. The minimum Gasteiger partial charge on any atom is -0.295 e. The van der Waals surface area contributed by atoms with E-state index in [-0.39, 0.29) is 5.78 Å². The van der Waals surface area contributed by atoms with Gasteiger partial charge in [-0.05, 0) is 37.9 Å². The minimum atomic E-state index is 0.139. The zero-order chi connectivity index (χ0) is 12.8. The molecule has 0 N–H and O–H groups in total. The van der Waals surface area contributed by atoms with Crippen LogP contribution in [-0.4, -0.2) is 23.3 Å². The number of allylic oxidation sites excluding steroid dienone is 1. The first-order valence-electron chi connectivity index (χ1n) is 6.72. The molecule has 0 radical (unpaired) electrons. The molecule has 0 aromatic heterocycles. The first-order valence-corrected chi connectivity index (χ1v) is 6.72. The molecule has 0 spiro atoms. The summed E-state index contributed by atoms with van der Waals surface area (Å²) in [6.07, 6.45) is 7.48. The molecule has 1 aromatic carbocycles. The van der Waals surface area contributed by atoms with Crippen LogP contribution in [0.2, 0.25) is 0 Å². The number of rotatable bonds is 4. The second-order valence-corrected chi connectivity index (χ2v) is 4.99. The number of likely N-dealkylation sites (tertiary alicyclic amines) is 1. The number of carbonyl (C=O) groups excluding carboxylic acids is 1. The van der Waals surface area contributed by atoms with Gasteiger partial charge in [-0.3, -0.25) is 9.69 Å². The van der Waals surface area contributed by atoms with Gasteiger partial charge in [-0.15, -0.1) is 0 Å². The molecule has 1 saturated heterocycles. The van der Waals surface area contributed by atoms with Crippen LogP contribution in [0.5, 0.6) is 0 Å². The lowest BCUT2D eigenvalue weighted by Gasteiger charge is -2.34. The molecule has 1 heterocycles. The van der Waals surface area contributed by atoms with Gasteiger partial charge in [-0.25, -0.2) is 0 Å². The third-order valence-electron chi connectivity index (χ3n) is 3.45. The van der Waals surface area contributed by atoms with E-state index >= 15 is 0 Å². The lowest BCUT2D eigenvalue weighted by atomic mass is 10.0. The highest BCUT2D eigenvalue weighted by atomic mass is 16.1. The van der Waals surface area contributed by atoms with E-state index in [1.165, 1.54) is 18.4 Å². The van der Waals surface area contributed by atoms with Crippen molar-refractivity contribution < 1.29 is 4.79 Å². The Balaban J connectivity index is 2.01. The molecular weight excluding hydrogens is 222 g/mol. The Hall–Kier alpha value is -1.41. The zero-order valence-electron chi connectivity index (χ0n) is 11.0. The highest BCUT2D eigenvalue weighted by Gasteiger charge is 2.19. The zero-order valence-corrected chi connectivity index (χ0v) is 11.0. The van der Waals surface area contributed by atoms with E-state index in [0.717, 1.165) is 19.5 Å². The van der Waals surface area contributed by atoms with Crippen LogP contribution in [0.15, 0.2) is 42.5 Å². The predicted octanol–water partition coefficient (Wildman–Crippen LogP) is 3.19. The van der Waals surface area contributed by atoms with E-state index in [0.29, 0.717) is 6.04 Å². The van der Waals surface area contributed by atoms with Crippen molar-refractivity contribution in [2.45, 2.75) is 38.8 Å². The second kappa shape index (κ2) is 6.50. The fraction of sp³-hybridized carbons (Fsp3) is 0.438. The molecule has 1 aromatic rings. The van der Waals surface area contributed by atoms with Gasteiger partial charge in [0.25, 0.3) is 0 Å². The largest absolute Gasteiger partial charge is 0.295 e. The number of hydrogen-bond acceptors (Lipinski definition) is 2. The molecule has 1 atom stereocenters. The van der Waals surface area contributed by atoms with Crippen molar-refractivity contribution >= 4 is 5.78 Å². The summed E-state index contributed by atoms with van der Waals surface area (Å²) in [4.78, 5) is 13.5. The number of benzene rings is 1. The first-order chi connectivity index (χ1) is 8.75. The second-order valence-electron chi connectivity index (χ2n) is 4.99. The minimum absolute atomic E-state index is 0.139. The summed E-state index contributed by atoms with van der Waals surface area (Å²) in [7, 11) is 0. The van der Waals surface area contributed by atoms with Crippen LogP contribution >= 0.6 is 0 Å². The van der Waals surface area contributed by atoms with Crippen LogP contribution < -0.4 is 0 Å². The molecule has 1 aliphatic rings. The standard InChI is InChI=1S/C16H21NO/c1-14(18)10-11-16-9-5-6-12-17(16)13-15-7-3-2-4-8-15/h2-4,7-8,10-11,16H,5-6,9,12-13H2,1H3/b11-10+. The van der Waals surface area contributed by atoms with Crippen LogP contribution in [0.3, 0.4) is 0 Å². The van der Waals surface area contributed by atoms with Crippen molar-refractivity contribution in [1.29, 1.82) is 0 Å². The molecular formula is C16H21NO. The van der Waals surface area contributed by atoms with E-state index in [2.05, 4.69) is 35.2 Å². The average molecular weight is 243 g/mol. The van der Waals surface area contributed by atoms with Gasteiger partial charge in [-0.2, -0.15) is 0 Å². The summed E-state index contributed by atoms with van der Waals surface area (Å²) in [5.41, 5.74) is 1.35. The predicted molar refractivity (Wildman–Crippen MR) is 74.3 cm³/mol. The molecule has 1 unspecified atom stereocenters. The summed E-state index contributed by atoms with van der Waals surface area (Å²) in [6.45, 7) is 3.72. The Morgan fingerprint density at radius 2 is 2.11 bits per heavy atom. The van der Waals surface area contributed by atoms with Crippen LogP contribution in [0, 0.1) is 0 Å². The van der Waals surface area contributed by atoms with Gasteiger partial charge in [0, 0.05) is 12.6 Å². The summed E-state index contributed by atoms with van der Waals surface area (Å²) in [5.74, 6) is 0.139. The molecule has 18 heavy (non-hydrogen) atoms. The topological polar surface area (TPSA) is 20.3 Å². The summed E-state index contributed by atoms with van der Waals surface area (Å²) >= 11 is 0. The molecule has 96 valence electrons. The molecule has 1 fully saturated rings. The highest BCUT2D eigenvalue weighted by Crippen LogP contribution is 2.20. The quantitative estimate of drug-likeness (QED) is 0.757. The molecule has 2 nitrogen and oxygen atoms in total. The maximum absolute atomic E-state index is 11.0. The average Bonchev–Trinajstić information content (AvgIpc) is 2.39. The molecule has 0 aliphatic carbocycles. The molecule has 2 heteroatoms. The molecule has 0 bridgehead atoms. The molecule has 1 aliphatic heterocycles. The van der Waals surface area contributed by atoms with Crippen molar-refractivity contribution in [3.8, 4) is 0 Å². The van der Waals surface area contributed by atoms with Gasteiger partial charge < -0.3 is 0 Å². The SMILES string of the molecule is CC(=O)/C=C/C1CCCCN1Cc1ccccc1. The van der Waals surface area contributed by atoms with Crippen molar-refractivity contribution in [2.75, 3.05) is 6.54 Å². The monoisotopic (exact) mass is 243 g/mol. The van der Waals surface area contributed by atoms with Crippen molar-refractivity contribution in [2.24, 2.45) is 0 Å². The van der Waals surface area contributed by atoms with Gasteiger partial charge >= 0.3 is 0 Å². The Morgan fingerprint density at radius 1 is 1.33 bits per heavy atom. The molecule has 0 saturated carbocycles. The van der Waals surface area contributed by atoms with E-state index < -0.39 is 0 Å². The Labute approximate surface area is 109 Å². The van der Waals surface area contributed by atoms with Crippen LogP contribution in [0.1, 0.15) is 31.7 Å². The fourth-order valence-corrected chi connectivity index (χ4v) is 2.50. The van der Waals surface area contributed by atoms with Gasteiger partial charge in [0.1, 0.15) is 0 Å². The summed E-state index contributed by atoms with van der Waals surface area (Å²) < 4.78 is 0. The number of nitrogens with zero attached hydrogens (tertiary/aromatic N) is 1. The molecule has 2 rings (SSSR count). The van der Waals surface area contributed by atoms with Crippen molar-refractivity contribution in [1.82, 2.24) is 4.90 Å². The third-order valence-corrected chi connectivity index (χ3v) is 3.45. The van der Waals surface area contributed by atoms with E-state index in [4.69, 9.17) is 0 Å². The Morgan fingerprint density at radius 3 is 2.83 bits per heavy atom. The van der Waals surface area contributed by atoms with Crippen molar-refractivity contribution in [3.63, 3.8) is 0 Å². The van der Waals surface area contributed by atoms with Gasteiger partial charge in [0.15, 0.2) is 5.78 Å². The lowest BCUT2D eigenvalue weighted by Crippen LogP contribution is -2.37. The van der Waals surface area contributed by atoms with Crippen LogP contribution in [0.4, 0.5) is 0 Å². The van der Waals surface area contributed by atoms with Crippen LogP contribution in [-0.2, 0) is 11.3 Å². The molecule has 0 amide bonds. The number of ketones is 1. The third kappa shape index (κ3) is 3.81. The van der Waals surface area contributed by atoms with Gasteiger partial charge in [-0.1, -0.05) is 42.8 Å². The summed E-state index contributed by atoms with van der Waals surface area (Å²) in [5, 5.41) is 0. The number of carbonyl (C=O) groups is 1. The first kappa shape index (κ1) is 13.0. The highest BCUT2D eigenvalue weighted by molar-refractivity contribution is 5.87. The Bertz CT molecular complexity index is 410. The van der Waals surface area contributed by atoms with Gasteiger partial charge in [0.05, 0.1) is 0 Å².